The van der Waals surface area contributed by atoms with Crippen LogP contribution in [-0.2, 0) is 11.3 Å². The maximum atomic E-state index is 12.9. The van der Waals surface area contributed by atoms with Crippen LogP contribution in [0.2, 0.25) is 0 Å². The highest BCUT2D eigenvalue weighted by molar-refractivity contribution is 5.93. The van der Waals surface area contributed by atoms with Gasteiger partial charge in [-0.05, 0) is 43.9 Å². The van der Waals surface area contributed by atoms with Crippen LogP contribution in [0.1, 0.15) is 41.1 Å². The SMILES string of the molecule is COc1ccccc1Nc1nc(C)c(C(=O)N[C@H]2CCC[C@@H]2OCc2ccccc2)o1. The zero-order chi connectivity index (χ0) is 21.6. The molecule has 3 aromatic rings. The van der Waals surface area contributed by atoms with Crippen LogP contribution in [-0.4, -0.2) is 30.1 Å². The Balaban J connectivity index is 1.39. The van der Waals surface area contributed by atoms with E-state index in [1.165, 1.54) is 0 Å². The van der Waals surface area contributed by atoms with Gasteiger partial charge in [0.1, 0.15) is 5.75 Å². The van der Waals surface area contributed by atoms with Crippen molar-refractivity contribution in [3.05, 3.63) is 71.6 Å². The molecular formula is C24H27N3O4. The van der Waals surface area contributed by atoms with E-state index in [0.717, 1.165) is 24.8 Å². The zero-order valence-corrected chi connectivity index (χ0v) is 17.8. The number of ether oxygens (including phenoxy) is 2. The number of para-hydroxylation sites is 2. The van der Waals surface area contributed by atoms with Gasteiger partial charge in [-0.15, -0.1) is 0 Å². The Bertz CT molecular complexity index is 1020. The molecule has 4 rings (SSSR count). The standard InChI is InChI=1S/C24H27N3O4/c1-16-22(31-24(25-16)27-18-11-6-7-13-20(18)29-2)23(28)26-19-12-8-14-21(19)30-15-17-9-4-3-5-10-17/h3-7,9-11,13,19,21H,8,12,14-15H2,1-2H3,(H,25,27)(H,26,28)/t19-,21-/m0/s1. The third kappa shape index (κ3) is 5.06. The van der Waals surface area contributed by atoms with Crippen LogP contribution in [0.3, 0.4) is 0 Å². The van der Waals surface area contributed by atoms with Gasteiger partial charge in [0.15, 0.2) is 0 Å². The number of aryl methyl sites for hydroxylation is 1. The number of benzene rings is 2. The van der Waals surface area contributed by atoms with Crippen LogP contribution in [0, 0.1) is 6.92 Å². The van der Waals surface area contributed by atoms with E-state index in [0.29, 0.717) is 23.7 Å². The number of aromatic nitrogens is 1. The van der Waals surface area contributed by atoms with Crippen molar-refractivity contribution in [2.24, 2.45) is 0 Å². The zero-order valence-electron chi connectivity index (χ0n) is 17.8. The van der Waals surface area contributed by atoms with Crippen molar-refractivity contribution in [2.75, 3.05) is 12.4 Å². The molecule has 1 aliphatic carbocycles. The average Bonchev–Trinajstić information content (AvgIpc) is 3.39. The van der Waals surface area contributed by atoms with Gasteiger partial charge >= 0.3 is 0 Å². The first-order valence-corrected chi connectivity index (χ1v) is 10.5. The lowest BCUT2D eigenvalue weighted by Crippen LogP contribution is -2.41. The summed E-state index contributed by atoms with van der Waals surface area (Å²) in [5.41, 5.74) is 2.36. The van der Waals surface area contributed by atoms with Crippen LogP contribution in [0.25, 0.3) is 0 Å². The molecule has 0 bridgehead atoms. The van der Waals surface area contributed by atoms with Crippen molar-refractivity contribution in [2.45, 2.75) is 44.9 Å². The van der Waals surface area contributed by atoms with Gasteiger partial charge in [-0.3, -0.25) is 4.79 Å². The minimum atomic E-state index is -0.279. The lowest BCUT2D eigenvalue weighted by atomic mass is 10.2. The van der Waals surface area contributed by atoms with E-state index in [4.69, 9.17) is 13.9 Å². The Morgan fingerprint density at radius 1 is 1.13 bits per heavy atom. The number of rotatable bonds is 8. The van der Waals surface area contributed by atoms with Gasteiger partial charge in [0.25, 0.3) is 11.9 Å². The molecule has 2 atom stereocenters. The van der Waals surface area contributed by atoms with Crippen molar-refractivity contribution >= 4 is 17.6 Å². The summed E-state index contributed by atoms with van der Waals surface area (Å²) in [6, 6.07) is 17.7. The van der Waals surface area contributed by atoms with Gasteiger partial charge in [0, 0.05) is 0 Å². The summed E-state index contributed by atoms with van der Waals surface area (Å²) >= 11 is 0. The Kier molecular flexibility index (Phi) is 6.52. The first-order valence-electron chi connectivity index (χ1n) is 10.5. The van der Waals surface area contributed by atoms with E-state index < -0.39 is 0 Å². The summed E-state index contributed by atoms with van der Waals surface area (Å²) in [6.07, 6.45) is 2.80. The minimum Gasteiger partial charge on any atom is -0.495 e. The summed E-state index contributed by atoms with van der Waals surface area (Å²) in [5, 5.41) is 6.14. The quantitative estimate of drug-likeness (QED) is 0.553. The summed E-state index contributed by atoms with van der Waals surface area (Å²) in [7, 11) is 1.60. The smallest absolute Gasteiger partial charge is 0.300 e. The number of oxazole rings is 1. The van der Waals surface area contributed by atoms with Gasteiger partial charge in [0.05, 0.1) is 37.2 Å². The molecule has 0 aliphatic heterocycles. The second-order valence-corrected chi connectivity index (χ2v) is 7.60. The van der Waals surface area contributed by atoms with Crippen molar-refractivity contribution in [1.82, 2.24) is 10.3 Å². The third-order valence-corrected chi connectivity index (χ3v) is 5.43. The summed E-state index contributed by atoms with van der Waals surface area (Å²) < 4.78 is 17.1. The number of hydrogen-bond donors (Lipinski definition) is 2. The highest BCUT2D eigenvalue weighted by Crippen LogP contribution is 2.28. The third-order valence-electron chi connectivity index (χ3n) is 5.43. The molecule has 0 unspecified atom stereocenters. The van der Waals surface area contributed by atoms with Gasteiger partial charge in [-0.25, -0.2) is 0 Å². The van der Waals surface area contributed by atoms with E-state index >= 15 is 0 Å². The molecule has 7 nitrogen and oxygen atoms in total. The fourth-order valence-corrected chi connectivity index (χ4v) is 3.83. The van der Waals surface area contributed by atoms with Crippen molar-refractivity contribution in [1.29, 1.82) is 0 Å². The average molecular weight is 421 g/mol. The summed E-state index contributed by atoms with van der Waals surface area (Å²) in [5.74, 6) is 0.582. The molecule has 0 saturated heterocycles. The fourth-order valence-electron chi connectivity index (χ4n) is 3.83. The lowest BCUT2D eigenvalue weighted by Gasteiger charge is -2.21. The number of anilines is 2. The number of carbonyl (C=O) groups excluding carboxylic acids is 1. The van der Waals surface area contributed by atoms with E-state index in [2.05, 4.69) is 15.6 Å². The second kappa shape index (κ2) is 9.66. The number of nitrogens with one attached hydrogen (secondary N) is 2. The topological polar surface area (TPSA) is 85.6 Å². The molecule has 0 radical (unpaired) electrons. The highest BCUT2D eigenvalue weighted by Gasteiger charge is 2.31. The second-order valence-electron chi connectivity index (χ2n) is 7.60. The molecule has 0 spiro atoms. The van der Waals surface area contributed by atoms with Gasteiger partial charge < -0.3 is 24.5 Å². The predicted octanol–water partition coefficient (Wildman–Crippen LogP) is 4.60. The first kappa shape index (κ1) is 20.9. The molecule has 1 saturated carbocycles. The van der Waals surface area contributed by atoms with E-state index in [1.807, 2.05) is 54.6 Å². The Labute approximate surface area is 181 Å². The Hall–Kier alpha value is -3.32. The number of nitrogens with zero attached hydrogens (tertiary/aromatic N) is 1. The van der Waals surface area contributed by atoms with E-state index in [1.54, 1.807) is 14.0 Å². The molecule has 2 aromatic carbocycles. The minimum absolute atomic E-state index is 0.0152. The molecular weight excluding hydrogens is 394 g/mol. The maximum absolute atomic E-state index is 12.9. The number of amides is 1. The lowest BCUT2D eigenvalue weighted by molar-refractivity contribution is 0.0268. The molecule has 162 valence electrons. The molecule has 1 fully saturated rings. The number of methoxy groups -OCH3 is 1. The van der Waals surface area contributed by atoms with Gasteiger partial charge in [0.2, 0.25) is 5.76 Å². The largest absolute Gasteiger partial charge is 0.495 e. The molecule has 2 N–H and O–H groups in total. The number of hydrogen-bond acceptors (Lipinski definition) is 6. The van der Waals surface area contributed by atoms with Crippen LogP contribution in [0.15, 0.2) is 59.0 Å². The maximum Gasteiger partial charge on any atom is 0.300 e. The highest BCUT2D eigenvalue weighted by atomic mass is 16.5. The predicted molar refractivity (Wildman–Crippen MR) is 118 cm³/mol. The van der Waals surface area contributed by atoms with Crippen LogP contribution in [0.4, 0.5) is 11.7 Å². The van der Waals surface area contributed by atoms with E-state index in [9.17, 15) is 4.79 Å². The molecule has 1 amide bonds. The Morgan fingerprint density at radius 2 is 1.90 bits per heavy atom. The van der Waals surface area contributed by atoms with Crippen molar-refractivity contribution < 1.29 is 18.7 Å². The van der Waals surface area contributed by atoms with Crippen LogP contribution in [0.5, 0.6) is 5.75 Å². The number of carbonyl (C=O) groups is 1. The Morgan fingerprint density at radius 3 is 2.71 bits per heavy atom. The van der Waals surface area contributed by atoms with Crippen LogP contribution < -0.4 is 15.4 Å². The van der Waals surface area contributed by atoms with Gasteiger partial charge in [-0.2, -0.15) is 4.98 Å². The first-order chi connectivity index (χ1) is 15.1. The summed E-state index contributed by atoms with van der Waals surface area (Å²) in [4.78, 5) is 17.2. The van der Waals surface area contributed by atoms with Crippen molar-refractivity contribution in [3.63, 3.8) is 0 Å². The monoisotopic (exact) mass is 421 g/mol. The normalized spacial score (nSPS) is 18.0. The fraction of sp³-hybridized carbons (Fsp3) is 0.333. The van der Waals surface area contributed by atoms with Gasteiger partial charge in [-0.1, -0.05) is 42.5 Å². The molecule has 1 aromatic heterocycles. The molecule has 7 heteroatoms. The van der Waals surface area contributed by atoms with Crippen molar-refractivity contribution in [3.8, 4) is 5.75 Å². The summed E-state index contributed by atoms with van der Waals surface area (Å²) in [6.45, 7) is 2.29. The molecule has 1 aliphatic rings. The van der Waals surface area contributed by atoms with Crippen LogP contribution >= 0.6 is 0 Å². The van der Waals surface area contributed by atoms with E-state index in [-0.39, 0.29) is 29.8 Å². The molecule has 31 heavy (non-hydrogen) atoms. The molecule has 1 heterocycles.